The molecule has 0 saturated carbocycles. The van der Waals surface area contributed by atoms with Crippen LogP contribution < -0.4 is 5.32 Å². The molecular weight excluding hydrogens is 434 g/mol. The molecule has 1 N–H and O–H groups in total. The molecule has 0 unspecified atom stereocenters. The molecule has 32 heavy (non-hydrogen) atoms. The average Bonchev–Trinajstić information content (AvgIpc) is 3.15. The first-order chi connectivity index (χ1) is 15.1. The highest BCUT2D eigenvalue weighted by molar-refractivity contribution is 7.89. The van der Waals surface area contributed by atoms with Crippen molar-refractivity contribution < 1.29 is 27.3 Å². The maximum Gasteiger partial charge on any atom is 0.344 e. The minimum atomic E-state index is -3.68. The number of rotatable bonds is 7. The topological polar surface area (TPSA) is 119 Å². The molecule has 9 nitrogen and oxygen atoms in total. The number of aryl methyl sites for hydroxylation is 2. The molecule has 3 aromatic rings. The Morgan fingerprint density at radius 3 is 2.44 bits per heavy atom. The Bertz CT molecular complexity index is 1250. The number of nitrogens with one attached hydrogen (secondary N) is 1. The van der Waals surface area contributed by atoms with Gasteiger partial charge in [-0.25, -0.2) is 17.5 Å². The molecule has 1 amide bonds. The lowest BCUT2D eigenvalue weighted by atomic mass is 10.1. The molecule has 1 heterocycles. The summed E-state index contributed by atoms with van der Waals surface area (Å²) in [5, 5.41) is 6.46. The van der Waals surface area contributed by atoms with Gasteiger partial charge in [0.15, 0.2) is 6.61 Å². The second kappa shape index (κ2) is 9.33. The van der Waals surface area contributed by atoms with Crippen molar-refractivity contribution in [1.82, 2.24) is 9.46 Å². The molecule has 0 bridgehead atoms. The van der Waals surface area contributed by atoms with E-state index < -0.39 is 28.5 Å². The largest absolute Gasteiger partial charge is 0.452 e. The third-order valence-electron chi connectivity index (χ3n) is 4.68. The molecule has 0 spiro atoms. The van der Waals surface area contributed by atoms with Crippen LogP contribution in [0.2, 0.25) is 0 Å². The molecule has 3 rings (SSSR count). The third kappa shape index (κ3) is 4.87. The monoisotopic (exact) mass is 457 g/mol. The average molecular weight is 458 g/mol. The summed E-state index contributed by atoms with van der Waals surface area (Å²) in [4.78, 5) is 25.0. The van der Waals surface area contributed by atoms with Crippen molar-refractivity contribution in [1.29, 1.82) is 0 Å². The van der Waals surface area contributed by atoms with Gasteiger partial charge >= 0.3 is 5.97 Å². The van der Waals surface area contributed by atoms with Crippen LogP contribution in [-0.2, 0) is 19.6 Å². The first-order valence-electron chi connectivity index (χ1n) is 9.63. The zero-order chi connectivity index (χ0) is 23.5. The minimum absolute atomic E-state index is 0.0740. The minimum Gasteiger partial charge on any atom is -0.452 e. The van der Waals surface area contributed by atoms with E-state index in [9.17, 15) is 18.0 Å². The number of benzene rings is 2. The lowest BCUT2D eigenvalue weighted by molar-refractivity contribution is -0.119. The number of ether oxygens (including phenoxy) is 1. The van der Waals surface area contributed by atoms with Crippen LogP contribution in [0.25, 0.3) is 11.3 Å². The van der Waals surface area contributed by atoms with Crippen LogP contribution >= 0.6 is 0 Å². The molecule has 0 aliphatic heterocycles. The predicted molar refractivity (Wildman–Crippen MR) is 118 cm³/mol. The van der Waals surface area contributed by atoms with E-state index in [1.807, 2.05) is 6.07 Å². The Labute approximate surface area is 186 Å². The zero-order valence-corrected chi connectivity index (χ0v) is 18.9. The van der Waals surface area contributed by atoms with Gasteiger partial charge in [-0.2, -0.15) is 0 Å². The van der Waals surface area contributed by atoms with Crippen molar-refractivity contribution in [2.75, 3.05) is 26.0 Å². The van der Waals surface area contributed by atoms with Crippen LogP contribution in [-0.4, -0.2) is 50.5 Å². The number of esters is 1. The number of carbonyl (C=O) groups excluding carboxylic acids is 2. The molecule has 0 aliphatic carbocycles. The van der Waals surface area contributed by atoms with Crippen LogP contribution in [0.4, 0.5) is 5.69 Å². The highest BCUT2D eigenvalue weighted by Gasteiger charge is 2.24. The van der Waals surface area contributed by atoms with Crippen molar-refractivity contribution in [2.24, 2.45) is 0 Å². The first-order valence-corrected chi connectivity index (χ1v) is 11.1. The molecule has 0 fully saturated rings. The van der Waals surface area contributed by atoms with Gasteiger partial charge in [0.05, 0.1) is 4.90 Å². The quantitative estimate of drug-likeness (QED) is 0.542. The number of aromatic nitrogens is 1. The maximum atomic E-state index is 12.6. The summed E-state index contributed by atoms with van der Waals surface area (Å²) in [7, 11) is -0.825. The Morgan fingerprint density at radius 1 is 1.09 bits per heavy atom. The second-order valence-corrected chi connectivity index (χ2v) is 9.34. The van der Waals surface area contributed by atoms with Crippen LogP contribution in [0.15, 0.2) is 57.9 Å². The number of nitrogens with zero attached hydrogens (tertiary/aromatic N) is 2. The SMILES string of the molecule is Cc1ccc(NC(=O)COC(=O)c2c(-c3ccccc3)noc2C)cc1S(=O)(=O)N(C)C. The molecule has 2 aromatic carbocycles. The normalized spacial score (nSPS) is 11.4. The van der Waals surface area contributed by atoms with Crippen molar-refractivity contribution in [2.45, 2.75) is 18.7 Å². The van der Waals surface area contributed by atoms with E-state index in [-0.39, 0.29) is 21.9 Å². The standard InChI is InChI=1S/C22H23N3O6S/c1-14-10-11-17(12-18(14)32(28,29)25(3)4)23-19(26)13-30-22(27)20-15(2)31-24-21(20)16-8-6-5-7-9-16/h5-12H,13H2,1-4H3,(H,23,26). The molecule has 168 valence electrons. The molecule has 1 aromatic heterocycles. The number of sulfonamides is 1. The maximum absolute atomic E-state index is 12.6. The van der Waals surface area contributed by atoms with Gasteiger partial charge < -0.3 is 14.6 Å². The van der Waals surface area contributed by atoms with Gasteiger partial charge in [0.1, 0.15) is 17.0 Å². The van der Waals surface area contributed by atoms with Crippen molar-refractivity contribution in [3.63, 3.8) is 0 Å². The van der Waals surface area contributed by atoms with Gasteiger partial charge in [-0.3, -0.25) is 4.79 Å². The highest BCUT2D eigenvalue weighted by Crippen LogP contribution is 2.26. The van der Waals surface area contributed by atoms with E-state index >= 15 is 0 Å². The van der Waals surface area contributed by atoms with Crippen molar-refractivity contribution >= 4 is 27.6 Å². The van der Waals surface area contributed by atoms with Crippen molar-refractivity contribution in [3.8, 4) is 11.3 Å². The summed E-state index contributed by atoms with van der Waals surface area (Å²) in [6, 6.07) is 13.5. The van der Waals surface area contributed by atoms with E-state index in [1.54, 1.807) is 50.2 Å². The summed E-state index contributed by atoms with van der Waals surface area (Å²) < 4.78 is 36.3. The first kappa shape index (κ1) is 23.2. The van der Waals surface area contributed by atoms with E-state index in [0.29, 0.717) is 16.8 Å². The summed E-state index contributed by atoms with van der Waals surface area (Å²) >= 11 is 0. The Hall–Kier alpha value is -3.50. The Kier molecular flexibility index (Phi) is 6.75. The lowest BCUT2D eigenvalue weighted by Crippen LogP contribution is -2.24. The van der Waals surface area contributed by atoms with Gasteiger partial charge in [-0.15, -0.1) is 0 Å². The fourth-order valence-electron chi connectivity index (χ4n) is 2.96. The zero-order valence-electron chi connectivity index (χ0n) is 18.1. The van der Waals surface area contributed by atoms with Crippen LogP contribution in [0.1, 0.15) is 21.7 Å². The molecule has 0 saturated heterocycles. The Morgan fingerprint density at radius 2 is 1.78 bits per heavy atom. The highest BCUT2D eigenvalue weighted by atomic mass is 32.2. The third-order valence-corrected chi connectivity index (χ3v) is 6.64. The molecular formula is C22H23N3O6S. The van der Waals surface area contributed by atoms with Gasteiger partial charge in [0.2, 0.25) is 10.0 Å². The summed E-state index contributed by atoms with van der Waals surface area (Å²) in [6.45, 7) is 2.67. The second-order valence-electron chi connectivity index (χ2n) is 7.22. The fraction of sp³-hybridized carbons (Fsp3) is 0.227. The summed E-state index contributed by atoms with van der Waals surface area (Å²) in [5.74, 6) is -1.10. The number of anilines is 1. The van der Waals surface area contributed by atoms with Gasteiger partial charge in [0, 0.05) is 25.3 Å². The smallest absolute Gasteiger partial charge is 0.344 e. The number of hydrogen-bond donors (Lipinski definition) is 1. The molecule has 0 atom stereocenters. The molecule has 10 heteroatoms. The molecule has 0 radical (unpaired) electrons. The predicted octanol–water partition coefficient (Wildman–Crippen LogP) is 3.00. The lowest BCUT2D eigenvalue weighted by Gasteiger charge is -2.15. The van der Waals surface area contributed by atoms with E-state index in [4.69, 9.17) is 9.26 Å². The molecule has 0 aliphatic rings. The van der Waals surface area contributed by atoms with E-state index in [1.165, 1.54) is 20.2 Å². The van der Waals surface area contributed by atoms with Gasteiger partial charge in [-0.05, 0) is 31.5 Å². The van der Waals surface area contributed by atoms with Gasteiger partial charge in [-0.1, -0.05) is 41.6 Å². The van der Waals surface area contributed by atoms with E-state index in [2.05, 4.69) is 10.5 Å². The Balaban J connectivity index is 1.71. The van der Waals surface area contributed by atoms with Crippen molar-refractivity contribution in [3.05, 3.63) is 65.4 Å². The van der Waals surface area contributed by atoms with Crippen LogP contribution in [0, 0.1) is 13.8 Å². The van der Waals surface area contributed by atoms with Crippen LogP contribution in [0.5, 0.6) is 0 Å². The summed E-state index contributed by atoms with van der Waals surface area (Å²) in [6.07, 6.45) is 0. The summed E-state index contributed by atoms with van der Waals surface area (Å²) in [5.41, 5.74) is 1.95. The number of carbonyl (C=O) groups is 2. The van der Waals surface area contributed by atoms with E-state index in [0.717, 1.165) is 4.31 Å². The van der Waals surface area contributed by atoms with Gasteiger partial charge in [0.25, 0.3) is 5.91 Å². The number of hydrogen-bond acceptors (Lipinski definition) is 7. The fourth-order valence-corrected chi connectivity index (χ4v) is 4.10. The number of amides is 1. The van der Waals surface area contributed by atoms with Crippen LogP contribution in [0.3, 0.4) is 0 Å².